The van der Waals surface area contributed by atoms with E-state index >= 15 is 8.78 Å². The summed E-state index contributed by atoms with van der Waals surface area (Å²) in [4.78, 5) is 8.53. The fourth-order valence-corrected chi connectivity index (χ4v) is 5.68. The molecule has 3 heterocycles. The van der Waals surface area contributed by atoms with Crippen molar-refractivity contribution in [1.29, 1.82) is 0 Å². The van der Waals surface area contributed by atoms with Crippen LogP contribution in [0.5, 0.6) is 0 Å². The van der Waals surface area contributed by atoms with Crippen molar-refractivity contribution in [2.24, 2.45) is 0 Å². The van der Waals surface area contributed by atoms with Crippen LogP contribution < -0.4 is 9.80 Å². The summed E-state index contributed by atoms with van der Waals surface area (Å²) in [5.74, 6) is -6.47. The second kappa shape index (κ2) is 12.5. The Labute approximate surface area is 262 Å². The van der Waals surface area contributed by atoms with Gasteiger partial charge in [-0.3, -0.25) is 4.98 Å². The van der Waals surface area contributed by atoms with Gasteiger partial charge < -0.3 is 20.0 Å². The van der Waals surface area contributed by atoms with E-state index < -0.39 is 47.1 Å². The molecule has 1 aliphatic rings. The molecule has 0 radical (unpaired) electrons. The number of aliphatic hydroxyl groups excluding tert-OH is 1. The number of hydrogen-bond acceptors (Lipinski definition) is 8. The normalized spacial score (nSPS) is 15.9. The lowest BCUT2D eigenvalue weighted by Gasteiger charge is -2.37. The molecule has 0 spiro atoms. The van der Waals surface area contributed by atoms with Crippen molar-refractivity contribution < 1.29 is 27.8 Å². The van der Waals surface area contributed by atoms with Crippen LogP contribution in [-0.2, 0) is 18.1 Å². The van der Waals surface area contributed by atoms with Gasteiger partial charge in [0.05, 0.1) is 12.6 Å². The fourth-order valence-electron chi connectivity index (χ4n) is 5.68. The van der Waals surface area contributed by atoms with Gasteiger partial charge >= 0.3 is 5.92 Å². The van der Waals surface area contributed by atoms with Crippen LogP contribution in [0.15, 0.2) is 91.4 Å². The minimum absolute atomic E-state index is 0.424. The van der Waals surface area contributed by atoms with Crippen LogP contribution in [0, 0.1) is 11.6 Å². The number of nitrogens with zero attached hydrogens (tertiary/aromatic N) is 7. The Balaban J connectivity index is 1.17. The number of anilines is 2. The molecule has 3 aromatic carbocycles. The zero-order chi connectivity index (χ0) is 32.5. The van der Waals surface area contributed by atoms with Crippen LogP contribution in [-0.4, -0.2) is 61.6 Å². The number of pyridine rings is 1. The first kappa shape index (κ1) is 31.1. The quantitative estimate of drug-likeness (QED) is 0.217. The molecule has 238 valence electrons. The van der Waals surface area contributed by atoms with Crippen LogP contribution in [0.25, 0.3) is 11.1 Å². The number of aliphatic hydroxyl groups is 2. The lowest BCUT2D eigenvalue weighted by molar-refractivity contribution is -0.207. The minimum atomic E-state index is -4.14. The summed E-state index contributed by atoms with van der Waals surface area (Å²) in [7, 11) is 0. The minimum Gasteiger partial charge on any atom is -0.389 e. The third-order valence-corrected chi connectivity index (χ3v) is 8.35. The monoisotopic (exact) mass is 633 g/mol. The highest BCUT2D eigenvalue weighted by Crippen LogP contribution is 2.47. The summed E-state index contributed by atoms with van der Waals surface area (Å²) in [6.45, 7) is 4.10. The molecule has 0 bridgehead atoms. The maximum Gasteiger partial charge on any atom is 0.323 e. The number of aromatic nitrogens is 5. The Hall–Kier alpha value is -4.88. The molecule has 46 heavy (non-hydrogen) atoms. The highest BCUT2D eigenvalue weighted by atomic mass is 19.3. The Morgan fingerprint density at radius 3 is 1.96 bits per heavy atom. The number of rotatable bonds is 9. The van der Waals surface area contributed by atoms with Gasteiger partial charge in [-0.2, -0.15) is 8.78 Å². The summed E-state index contributed by atoms with van der Waals surface area (Å²) < 4.78 is 61.4. The molecule has 5 aromatic rings. The van der Waals surface area contributed by atoms with Gasteiger partial charge in [-0.1, -0.05) is 30.3 Å². The molecule has 1 aliphatic heterocycles. The number of piperazine rings is 1. The molecule has 0 aliphatic carbocycles. The first-order valence-electron chi connectivity index (χ1n) is 14.7. The Bertz CT molecular complexity index is 1760. The van der Waals surface area contributed by atoms with E-state index in [1.807, 2.05) is 48.5 Å². The molecule has 2 N–H and O–H groups in total. The highest BCUT2D eigenvalue weighted by molar-refractivity contribution is 5.66. The molecule has 9 nitrogen and oxygen atoms in total. The van der Waals surface area contributed by atoms with Gasteiger partial charge in [0.25, 0.3) is 0 Å². The number of halogens is 4. The van der Waals surface area contributed by atoms with Gasteiger partial charge in [-0.15, -0.1) is 5.10 Å². The van der Waals surface area contributed by atoms with Crippen molar-refractivity contribution in [2.75, 3.05) is 36.0 Å². The molecule has 6 rings (SSSR count). The molecule has 1 saturated heterocycles. The van der Waals surface area contributed by atoms with Crippen LogP contribution in [0.1, 0.15) is 29.8 Å². The molecule has 13 heteroatoms. The molecule has 1 unspecified atom stereocenters. The van der Waals surface area contributed by atoms with Crippen molar-refractivity contribution in [3.8, 4) is 11.1 Å². The third kappa shape index (κ3) is 6.03. The second-order valence-corrected chi connectivity index (χ2v) is 11.3. The van der Waals surface area contributed by atoms with Crippen molar-refractivity contribution >= 4 is 11.4 Å². The zero-order valence-corrected chi connectivity index (χ0v) is 24.8. The average Bonchev–Trinajstić information content (AvgIpc) is 3.58. The van der Waals surface area contributed by atoms with E-state index in [0.29, 0.717) is 11.6 Å². The molecular formula is C33H31F4N7O2. The Morgan fingerprint density at radius 2 is 1.43 bits per heavy atom. The van der Waals surface area contributed by atoms with Crippen LogP contribution in [0.2, 0.25) is 0 Å². The topological polar surface area (TPSA) is 103 Å². The van der Waals surface area contributed by atoms with Crippen LogP contribution >= 0.6 is 0 Å². The summed E-state index contributed by atoms with van der Waals surface area (Å²) in [5, 5.41) is 31.4. The maximum absolute atomic E-state index is 16.1. The predicted octanol–water partition coefficient (Wildman–Crippen LogP) is 5.07. The van der Waals surface area contributed by atoms with E-state index in [2.05, 4.69) is 30.3 Å². The van der Waals surface area contributed by atoms with Crippen LogP contribution in [0.4, 0.5) is 28.9 Å². The van der Waals surface area contributed by atoms with Gasteiger partial charge in [0.15, 0.2) is 5.60 Å². The van der Waals surface area contributed by atoms with Gasteiger partial charge in [0, 0.05) is 60.9 Å². The largest absolute Gasteiger partial charge is 0.389 e. The van der Waals surface area contributed by atoms with Crippen molar-refractivity contribution in [2.45, 2.75) is 31.1 Å². The zero-order valence-electron chi connectivity index (χ0n) is 24.8. The number of benzene rings is 3. The fraction of sp³-hybridized carbons (Fsp3) is 0.273. The lowest BCUT2D eigenvalue weighted by Crippen LogP contribution is -2.48. The van der Waals surface area contributed by atoms with Gasteiger partial charge in [-0.05, 0) is 70.9 Å². The summed E-state index contributed by atoms with van der Waals surface area (Å²) in [6, 6.07) is 20.1. The molecule has 1 fully saturated rings. The summed E-state index contributed by atoms with van der Waals surface area (Å²) >= 11 is 0. The molecule has 2 aromatic heterocycles. The Morgan fingerprint density at radius 1 is 0.826 bits per heavy atom. The smallest absolute Gasteiger partial charge is 0.323 e. The number of alkyl halides is 2. The van der Waals surface area contributed by atoms with Gasteiger partial charge in [0.2, 0.25) is 0 Å². The summed E-state index contributed by atoms with van der Waals surface area (Å²) in [6.07, 6.45) is 1.76. The number of tetrazole rings is 1. The average molecular weight is 634 g/mol. The SMILES string of the molecule is CC(O)c1ccc(N2CCN(c3ccc(-c4ccc(C(F)(F)[C@](O)(Cn5cnnn5)c5ccc(F)cc5F)nc4)cc3)CC2)cc1. The predicted molar refractivity (Wildman–Crippen MR) is 163 cm³/mol. The highest BCUT2D eigenvalue weighted by Gasteiger charge is 2.58. The molecule has 0 saturated carbocycles. The Kier molecular flexibility index (Phi) is 8.45. The first-order valence-corrected chi connectivity index (χ1v) is 14.7. The van der Waals surface area contributed by atoms with E-state index in [0.717, 1.165) is 77.9 Å². The second-order valence-electron chi connectivity index (χ2n) is 11.3. The molecule has 0 amide bonds. The van der Waals surface area contributed by atoms with E-state index in [9.17, 15) is 19.0 Å². The lowest BCUT2D eigenvalue weighted by atomic mass is 9.84. The van der Waals surface area contributed by atoms with Gasteiger partial charge in [0.1, 0.15) is 23.7 Å². The third-order valence-electron chi connectivity index (χ3n) is 8.35. The van der Waals surface area contributed by atoms with Crippen molar-refractivity contribution in [3.63, 3.8) is 0 Å². The van der Waals surface area contributed by atoms with E-state index in [1.54, 1.807) is 6.92 Å². The molecule has 2 atom stereocenters. The molecular weight excluding hydrogens is 602 g/mol. The first-order chi connectivity index (χ1) is 22.0. The summed E-state index contributed by atoms with van der Waals surface area (Å²) in [5.41, 5.74) is -0.525. The van der Waals surface area contributed by atoms with Crippen molar-refractivity contribution in [1.82, 2.24) is 25.2 Å². The standard InChI is InChI=1S/C33H31F4N7O2/c1-22(45)23-2-8-27(9-3-23)42-14-16-43(17-15-42)28-10-4-24(5-11-28)25-6-13-31(38-19-25)33(36,37)32(46,20-44-21-39-40-41-44)29-12-7-26(34)18-30(29)35/h2-13,18-19,21-22,45-46H,14-17,20H2,1H3/t22?,32-/m0/s1. The number of hydrogen-bond donors (Lipinski definition) is 2. The van der Waals surface area contributed by atoms with E-state index in [-0.39, 0.29) is 0 Å². The van der Waals surface area contributed by atoms with E-state index in [4.69, 9.17) is 0 Å². The van der Waals surface area contributed by atoms with E-state index in [1.165, 1.54) is 12.3 Å². The maximum atomic E-state index is 16.1. The van der Waals surface area contributed by atoms with Gasteiger partial charge in [-0.25, -0.2) is 13.5 Å². The van der Waals surface area contributed by atoms with Crippen molar-refractivity contribution in [3.05, 3.63) is 120 Å². The van der Waals surface area contributed by atoms with Crippen LogP contribution in [0.3, 0.4) is 0 Å².